The molecular weight excluding hydrogens is 220 g/mol. The molecule has 0 aliphatic heterocycles. The van der Waals surface area contributed by atoms with Gasteiger partial charge < -0.3 is 0 Å². The maximum absolute atomic E-state index is 8.94. The van der Waals surface area contributed by atoms with E-state index in [-0.39, 0.29) is 0 Å². The summed E-state index contributed by atoms with van der Waals surface area (Å²) in [6.45, 7) is 4.41. The van der Waals surface area contributed by atoms with Crippen molar-refractivity contribution >= 4 is 0 Å². The van der Waals surface area contributed by atoms with Crippen molar-refractivity contribution in [3.05, 3.63) is 35.9 Å². The van der Waals surface area contributed by atoms with Gasteiger partial charge in [0.05, 0.1) is 12.1 Å². The van der Waals surface area contributed by atoms with Crippen LogP contribution in [0.2, 0.25) is 0 Å². The van der Waals surface area contributed by atoms with Gasteiger partial charge in [-0.3, -0.25) is 0 Å². The third-order valence-corrected chi connectivity index (χ3v) is 3.49. The minimum absolute atomic E-state index is 0.311. The Bertz CT molecular complexity index is 411. The average molecular weight is 240 g/mol. The molecule has 2 heteroatoms. The van der Waals surface area contributed by atoms with Crippen LogP contribution in [-0.4, -0.2) is 0 Å². The van der Waals surface area contributed by atoms with E-state index >= 15 is 0 Å². The molecule has 0 bridgehead atoms. The minimum Gasteiger partial charge on any atom is -0.197 e. The lowest BCUT2D eigenvalue weighted by Crippen LogP contribution is -2.09. The first-order chi connectivity index (χ1) is 8.71. The molecule has 94 valence electrons. The molecule has 1 aromatic carbocycles. The van der Waals surface area contributed by atoms with Crippen LogP contribution in [0.4, 0.5) is 0 Å². The predicted octanol–water partition coefficient (Wildman–Crippen LogP) is 4.26. The fraction of sp³-hybridized carbons (Fsp3) is 0.500. The fourth-order valence-corrected chi connectivity index (χ4v) is 2.16. The first-order valence-electron chi connectivity index (χ1n) is 6.55. The van der Waals surface area contributed by atoms with E-state index in [0.29, 0.717) is 18.3 Å². The van der Waals surface area contributed by atoms with Crippen LogP contribution in [0.1, 0.15) is 44.6 Å². The van der Waals surface area contributed by atoms with Crippen molar-refractivity contribution in [2.75, 3.05) is 0 Å². The summed E-state index contributed by atoms with van der Waals surface area (Å²) in [5, 5.41) is 17.9. The Kier molecular flexibility index (Phi) is 5.95. The summed E-state index contributed by atoms with van der Waals surface area (Å²) in [6, 6.07) is 14.4. The Morgan fingerprint density at radius 2 is 1.67 bits per heavy atom. The molecule has 18 heavy (non-hydrogen) atoms. The van der Waals surface area contributed by atoms with Crippen molar-refractivity contribution in [1.82, 2.24) is 0 Å². The molecule has 0 aliphatic rings. The fourth-order valence-electron chi connectivity index (χ4n) is 2.16. The minimum atomic E-state index is -0.501. The van der Waals surface area contributed by atoms with E-state index in [4.69, 9.17) is 10.5 Å². The van der Waals surface area contributed by atoms with Crippen LogP contribution in [0, 0.1) is 34.5 Å². The highest BCUT2D eigenvalue weighted by Gasteiger charge is 2.19. The maximum atomic E-state index is 8.94. The molecule has 0 spiro atoms. The zero-order valence-electron chi connectivity index (χ0n) is 11.1. The van der Waals surface area contributed by atoms with Crippen molar-refractivity contribution in [1.29, 1.82) is 10.5 Å². The van der Waals surface area contributed by atoms with Gasteiger partial charge in [-0.25, -0.2) is 0 Å². The standard InChI is InChI=1S/C16H20N2/c1-3-13(2)9-16(10-14(11-17)12-18)15-7-5-4-6-8-15/h4-8,13-14,16H,3,9-10H2,1-2H3. The summed E-state index contributed by atoms with van der Waals surface area (Å²) in [6.07, 6.45) is 2.81. The maximum Gasteiger partial charge on any atom is 0.133 e. The lowest BCUT2D eigenvalue weighted by molar-refractivity contribution is 0.426. The molecule has 2 unspecified atom stereocenters. The molecule has 0 aromatic heterocycles. The Morgan fingerprint density at radius 3 is 2.17 bits per heavy atom. The normalized spacial score (nSPS) is 13.6. The molecule has 1 aromatic rings. The molecular formula is C16H20N2. The van der Waals surface area contributed by atoms with E-state index in [1.807, 2.05) is 18.2 Å². The van der Waals surface area contributed by atoms with Crippen LogP contribution in [0.3, 0.4) is 0 Å². The summed E-state index contributed by atoms with van der Waals surface area (Å²) in [5.74, 6) is 0.429. The van der Waals surface area contributed by atoms with Gasteiger partial charge in [0.2, 0.25) is 0 Å². The summed E-state index contributed by atoms with van der Waals surface area (Å²) < 4.78 is 0. The van der Waals surface area contributed by atoms with Crippen LogP contribution in [0.5, 0.6) is 0 Å². The number of hydrogen-bond donors (Lipinski definition) is 0. The van der Waals surface area contributed by atoms with Crippen LogP contribution >= 0.6 is 0 Å². The van der Waals surface area contributed by atoms with Gasteiger partial charge in [0.1, 0.15) is 5.92 Å². The third-order valence-electron chi connectivity index (χ3n) is 3.49. The van der Waals surface area contributed by atoms with E-state index < -0.39 is 5.92 Å². The van der Waals surface area contributed by atoms with E-state index in [1.54, 1.807) is 0 Å². The van der Waals surface area contributed by atoms with E-state index in [2.05, 4.69) is 38.1 Å². The van der Waals surface area contributed by atoms with Crippen LogP contribution in [0.15, 0.2) is 30.3 Å². The highest BCUT2D eigenvalue weighted by Crippen LogP contribution is 2.30. The van der Waals surface area contributed by atoms with Crippen molar-refractivity contribution < 1.29 is 0 Å². The third kappa shape index (κ3) is 4.22. The van der Waals surface area contributed by atoms with Gasteiger partial charge >= 0.3 is 0 Å². The Labute approximate surface area is 110 Å². The van der Waals surface area contributed by atoms with Crippen LogP contribution in [0.25, 0.3) is 0 Å². The molecule has 2 atom stereocenters. The topological polar surface area (TPSA) is 47.6 Å². The summed E-state index contributed by atoms with van der Waals surface area (Å²) in [5.41, 5.74) is 1.24. The Hall–Kier alpha value is -1.80. The SMILES string of the molecule is CCC(C)CC(CC(C#N)C#N)c1ccccc1. The van der Waals surface area contributed by atoms with Gasteiger partial charge in [-0.2, -0.15) is 10.5 Å². The molecule has 0 saturated carbocycles. The number of rotatable bonds is 6. The summed E-state index contributed by atoms with van der Waals surface area (Å²) in [4.78, 5) is 0. The summed E-state index contributed by atoms with van der Waals surface area (Å²) in [7, 11) is 0. The zero-order chi connectivity index (χ0) is 13.4. The molecule has 2 nitrogen and oxygen atoms in total. The van der Waals surface area contributed by atoms with Crippen molar-refractivity contribution in [3.63, 3.8) is 0 Å². The van der Waals surface area contributed by atoms with Crippen molar-refractivity contribution in [2.24, 2.45) is 11.8 Å². The average Bonchev–Trinajstić information content (AvgIpc) is 2.44. The predicted molar refractivity (Wildman–Crippen MR) is 72.6 cm³/mol. The van der Waals surface area contributed by atoms with Gasteiger partial charge in [0.15, 0.2) is 0 Å². The number of hydrogen-bond acceptors (Lipinski definition) is 2. The second-order valence-electron chi connectivity index (χ2n) is 4.90. The van der Waals surface area contributed by atoms with Gasteiger partial charge in [0, 0.05) is 0 Å². The molecule has 1 rings (SSSR count). The summed E-state index contributed by atoms with van der Waals surface area (Å²) >= 11 is 0. The van der Waals surface area contributed by atoms with Crippen LogP contribution in [-0.2, 0) is 0 Å². The quantitative estimate of drug-likeness (QED) is 0.745. The second kappa shape index (κ2) is 7.51. The first-order valence-corrected chi connectivity index (χ1v) is 6.55. The van der Waals surface area contributed by atoms with Gasteiger partial charge in [-0.1, -0.05) is 50.6 Å². The first kappa shape index (κ1) is 14.3. The highest BCUT2D eigenvalue weighted by atomic mass is 14.3. The van der Waals surface area contributed by atoms with E-state index in [1.165, 1.54) is 5.56 Å². The number of nitrogens with zero attached hydrogens (tertiary/aromatic N) is 2. The van der Waals surface area contributed by atoms with E-state index in [0.717, 1.165) is 12.8 Å². The molecule has 0 saturated heterocycles. The Morgan fingerprint density at radius 1 is 1.06 bits per heavy atom. The molecule has 0 N–H and O–H groups in total. The largest absolute Gasteiger partial charge is 0.197 e. The number of benzene rings is 1. The van der Waals surface area contributed by atoms with Gasteiger partial charge in [0.25, 0.3) is 0 Å². The molecule has 0 fully saturated rings. The number of nitriles is 2. The lowest BCUT2D eigenvalue weighted by atomic mass is 9.83. The monoisotopic (exact) mass is 240 g/mol. The molecule has 0 radical (unpaired) electrons. The van der Waals surface area contributed by atoms with Crippen molar-refractivity contribution in [3.8, 4) is 12.1 Å². The molecule has 0 heterocycles. The highest BCUT2D eigenvalue weighted by molar-refractivity contribution is 5.21. The Balaban J connectivity index is 2.83. The smallest absolute Gasteiger partial charge is 0.133 e. The van der Waals surface area contributed by atoms with Crippen molar-refractivity contribution in [2.45, 2.75) is 39.0 Å². The second-order valence-corrected chi connectivity index (χ2v) is 4.90. The van der Waals surface area contributed by atoms with Gasteiger partial charge in [-0.05, 0) is 30.2 Å². The zero-order valence-corrected chi connectivity index (χ0v) is 11.1. The van der Waals surface area contributed by atoms with Crippen LogP contribution < -0.4 is 0 Å². The molecule has 0 amide bonds. The lowest BCUT2D eigenvalue weighted by Gasteiger charge is -2.21. The van der Waals surface area contributed by atoms with E-state index in [9.17, 15) is 0 Å². The van der Waals surface area contributed by atoms with Gasteiger partial charge in [-0.15, -0.1) is 0 Å². The molecule has 0 aliphatic carbocycles.